The molecule has 0 aliphatic rings. The van der Waals surface area contributed by atoms with E-state index in [2.05, 4.69) is 6.58 Å². The lowest BCUT2D eigenvalue weighted by Crippen LogP contribution is -1.98. The van der Waals surface area contributed by atoms with Gasteiger partial charge in [-0.3, -0.25) is 0 Å². The summed E-state index contributed by atoms with van der Waals surface area (Å²) in [6.07, 6.45) is 0.775. The second-order valence-corrected chi connectivity index (χ2v) is 3.67. The monoisotopic (exact) mass is 219 g/mol. The maximum absolute atomic E-state index is 12.9. The van der Waals surface area contributed by atoms with Gasteiger partial charge in [0.05, 0.1) is 24.8 Å². The van der Waals surface area contributed by atoms with Gasteiger partial charge in [-0.05, 0) is 37.1 Å². The van der Waals surface area contributed by atoms with Crippen LogP contribution in [0.5, 0.6) is 0 Å². The van der Waals surface area contributed by atoms with Crippen LogP contribution in [0.25, 0.3) is 0 Å². The van der Waals surface area contributed by atoms with Crippen molar-refractivity contribution in [2.45, 2.75) is 20.0 Å². The second-order valence-electron chi connectivity index (χ2n) is 3.67. The van der Waals surface area contributed by atoms with Gasteiger partial charge in [0, 0.05) is 0 Å². The third kappa shape index (κ3) is 3.84. The van der Waals surface area contributed by atoms with E-state index in [0.29, 0.717) is 17.7 Å². The van der Waals surface area contributed by atoms with Crippen LogP contribution in [0.3, 0.4) is 0 Å². The number of rotatable bonds is 5. The van der Waals surface area contributed by atoms with E-state index in [1.807, 2.05) is 13.0 Å². The van der Waals surface area contributed by atoms with Gasteiger partial charge in [-0.1, -0.05) is 5.57 Å². The standard InChI is InChI=1S/C13H14FNO/c1-10(2)5-6-16-9-12-7-13(14)4-3-11(12)8-15/h3-4,7H,1,5-6,9H2,2H3. The zero-order chi connectivity index (χ0) is 12.0. The Morgan fingerprint density at radius 1 is 1.56 bits per heavy atom. The Morgan fingerprint density at radius 2 is 2.31 bits per heavy atom. The molecule has 0 aliphatic heterocycles. The Hall–Kier alpha value is -1.66. The van der Waals surface area contributed by atoms with Gasteiger partial charge >= 0.3 is 0 Å². The highest BCUT2D eigenvalue weighted by Gasteiger charge is 2.03. The van der Waals surface area contributed by atoms with E-state index in [4.69, 9.17) is 10.00 Å². The van der Waals surface area contributed by atoms with Crippen molar-refractivity contribution < 1.29 is 9.13 Å². The minimum atomic E-state index is -0.350. The van der Waals surface area contributed by atoms with Crippen LogP contribution in [0.1, 0.15) is 24.5 Å². The minimum absolute atomic E-state index is 0.258. The summed E-state index contributed by atoms with van der Waals surface area (Å²) in [4.78, 5) is 0. The summed E-state index contributed by atoms with van der Waals surface area (Å²) in [6.45, 7) is 6.47. The third-order valence-electron chi connectivity index (χ3n) is 2.12. The highest BCUT2D eigenvalue weighted by atomic mass is 19.1. The minimum Gasteiger partial charge on any atom is -0.376 e. The van der Waals surface area contributed by atoms with Gasteiger partial charge in [-0.25, -0.2) is 4.39 Å². The number of halogens is 1. The summed E-state index contributed by atoms with van der Waals surface area (Å²) in [5.74, 6) is -0.350. The number of ether oxygens (including phenoxy) is 1. The van der Waals surface area contributed by atoms with Gasteiger partial charge in [0.1, 0.15) is 5.82 Å². The molecule has 0 bridgehead atoms. The molecule has 0 amide bonds. The van der Waals surface area contributed by atoms with Crippen molar-refractivity contribution in [1.29, 1.82) is 5.26 Å². The topological polar surface area (TPSA) is 33.0 Å². The maximum Gasteiger partial charge on any atom is 0.123 e. The molecule has 2 nitrogen and oxygen atoms in total. The van der Waals surface area contributed by atoms with Gasteiger partial charge in [0.25, 0.3) is 0 Å². The summed E-state index contributed by atoms with van der Waals surface area (Å²) >= 11 is 0. The van der Waals surface area contributed by atoms with Crippen molar-refractivity contribution in [3.05, 3.63) is 47.3 Å². The predicted molar refractivity (Wildman–Crippen MR) is 60.2 cm³/mol. The summed E-state index contributed by atoms with van der Waals surface area (Å²) in [5, 5.41) is 8.81. The van der Waals surface area contributed by atoms with Gasteiger partial charge in [-0.2, -0.15) is 5.26 Å². The molecule has 0 atom stereocenters. The fourth-order valence-corrected chi connectivity index (χ4v) is 1.22. The fraction of sp³-hybridized carbons (Fsp3) is 0.308. The van der Waals surface area contributed by atoms with E-state index in [1.54, 1.807) is 0 Å². The largest absolute Gasteiger partial charge is 0.376 e. The average Bonchev–Trinajstić information content (AvgIpc) is 2.24. The summed E-state index contributed by atoms with van der Waals surface area (Å²) < 4.78 is 18.3. The quantitative estimate of drug-likeness (QED) is 0.563. The van der Waals surface area contributed by atoms with Crippen LogP contribution in [0.4, 0.5) is 4.39 Å². The lowest BCUT2D eigenvalue weighted by molar-refractivity contribution is 0.123. The smallest absolute Gasteiger partial charge is 0.123 e. The lowest BCUT2D eigenvalue weighted by atomic mass is 10.1. The molecule has 0 radical (unpaired) electrons. The predicted octanol–water partition coefficient (Wildman–Crippen LogP) is 3.18. The van der Waals surface area contributed by atoms with Crippen LogP contribution in [-0.2, 0) is 11.3 Å². The van der Waals surface area contributed by atoms with E-state index in [0.717, 1.165) is 12.0 Å². The van der Waals surface area contributed by atoms with Crippen molar-refractivity contribution in [2.24, 2.45) is 0 Å². The zero-order valence-electron chi connectivity index (χ0n) is 9.29. The lowest BCUT2D eigenvalue weighted by Gasteiger charge is -2.06. The Balaban J connectivity index is 2.56. The molecule has 0 unspecified atom stereocenters. The van der Waals surface area contributed by atoms with E-state index in [1.165, 1.54) is 18.2 Å². The molecule has 0 N–H and O–H groups in total. The summed E-state index contributed by atoms with van der Waals surface area (Å²) in [5.41, 5.74) is 2.08. The first-order valence-electron chi connectivity index (χ1n) is 5.04. The summed E-state index contributed by atoms with van der Waals surface area (Å²) in [7, 11) is 0. The number of hydrogen-bond donors (Lipinski definition) is 0. The van der Waals surface area contributed by atoms with E-state index >= 15 is 0 Å². The first-order chi connectivity index (χ1) is 7.63. The highest BCUT2D eigenvalue weighted by molar-refractivity contribution is 5.37. The summed E-state index contributed by atoms with van der Waals surface area (Å²) in [6, 6.07) is 6.08. The third-order valence-corrected chi connectivity index (χ3v) is 2.12. The van der Waals surface area contributed by atoms with Crippen molar-refractivity contribution >= 4 is 0 Å². The van der Waals surface area contributed by atoms with Crippen LogP contribution < -0.4 is 0 Å². The van der Waals surface area contributed by atoms with E-state index in [9.17, 15) is 4.39 Å². The fourth-order valence-electron chi connectivity index (χ4n) is 1.22. The van der Waals surface area contributed by atoms with E-state index < -0.39 is 0 Å². The van der Waals surface area contributed by atoms with Crippen LogP contribution >= 0.6 is 0 Å². The first-order valence-corrected chi connectivity index (χ1v) is 5.04. The second kappa shape index (κ2) is 6.04. The first kappa shape index (κ1) is 12.4. The van der Waals surface area contributed by atoms with Gasteiger partial charge < -0.3 is 4.74 Å². The molecular formula is C13H14FNO. The molecule has 16 heavy (non-hydrogen) atoms. The van der Waals surface area contributed by atoms with Crippen molar-refractivity contribution in [2.75, 3.05) is 6.61 Å². The van der Waals surface area contributed by atoms with Gasteiger partial charge in [-0.15, -0.1) is 6.58 Å². The normalized spacial score (nSPS) is 9.81. The van der Waals surface area contributed by atoms with Gasteiger partial charge in [0.2, 0.25) is 0 Å². The van der Waals surface area contributed by atoms with Crippen LogP contribution in [0.2, 0.25) is 0 Å². The van der Waals surface area contributed by atoms with Crippen molar-refractivity contribution in [1.82, 2.24) is 0 Å². The molecule has 0 aliphatic carbocycles. The highest BCUT2D eigenvalue weighted by Crippen LogP contribution is 2.12. The average molecular weight is 219 g/mol. The maximum atomic E-state index is 12.9. The number of nitriles is 1. The molecule has 1 rings (SSSR count). The van der Waals surface area contributed by atoms with Gasteiger partial charge in [0.15, 0.2) is 0 Å². The molecular weight excluding hydrogens is 205 g/mol. The molecule has 1 aromatic rings. The number of nitrogens with zero attached hydrogens (tertiary/aromatic N) is 1. The Morgan fingerprint density at radius 3 is 2.94 bits per heavy atom. The molecule has 0 aromatic heterocycles. The molecule has 0 heterocycles. The molecule has 0 saturated heterocycles. The van der Waals surface area contributed by atoms with Crippen molar-refractivity contribution in [3.8, 4) is 6.07 Å². The molecule has 1 aromatic carbocycles. The van der Waals surface area contributed by atoms with Crippen molar-refractivity contribution in [3.63, 3.8) is 0 Å². The van der Waals surface area contributed by atoms with Crippen LogP contribution in [0.15, 0.2) is 30.4 Å². The molecule has 0 fully saturated rings. The Bertz CT molecular complexity index is 420. The van der Waals surface area contributed by atoms with Crippen LogP contribution in [-0.4, -0.2) is 6.61 Å². The molecule has 84 valence electrons. The zero-order valence-corrected chi connectivity index (χ0v) is 9.29. The molecule has 3 heteroatoms. The van der Waals surface area contributed by atoms with E-state index in [-0.39, 0.29) is 12.4 Å². The number of hydrogen-bond acceptors (Lipinski definition) is 2. The SMILES string of the molecule is C=C(C)CCOCc1cc(F)ccc1C#N. The molecule has 0 spiro atoms. The van der Waals surface area contributed by atoms with Crippen LogP contribution in [0, 0.1) is 17.1 Å². The molecule has 0 saturated carbocycles. The Kier molecular flexibility index (Phi) is 4.68. The number of benzene rings is 1. The Labute approximate surface area is 95.0 Å².